The lowest BCUT2D eigenvalue weighted by Crippen LogP contribution is -2.39. The van der Waals surface area contributed by atoms with Crippen LogP contribution in [0.15, 0.2) is 65.2 Å². The number of anilines is 1. The summed E-state index contributed by atoms with van der Waals surface area (Å²) in [6, 6.07) is 13.9. The minimum Gasteiger partial charge on any atom is -0.455 e. The first-order chi connectivity index (χ1) is 14.1. The number of ether oxygens (including phenoxy) is 1. The molecule has 4 rings (SSSR count). The van der Waals surface area contributed by atoms with Gasteiger partial charge in [0.25, 0.3) is 0 Å². The van der Waals surface area contributed by atoms with Crippen LogP contribution in [0.1, 0.15) is 12.1 Å². The minimum atomic E-state index is -0.727. The van der Waals surface area contributed by atoms with Crippen LogP contribution in [-0.2, 0) is 20.9 Å². The Kier molecular flexibility index (Phi) is 5.30. The van der Waals surface area contributed by atoms with Crippen molar-refractivity contribution in [2.24, 2.45) is 10.8 Å². The molecule has 0 saturated carbocycles. The highest BCUT2D eigenvalue weighted by Gasteiger charge is 2.35. The van der Waals surface area contributed by atoms with Gasteiger partial charge in [0, 0.05) is 18.0 Å². The highest BCUT2D eigenvalue weighted by Crippen LogP contribution is 2.25. The molecular formula is C20H17N5O3S. The summed E-state index contributed by atoms with van der Waals surface area (Å²) in [7, 11) is 0. The van der Waals surface area contributed by atoms with Gasteiger partial charge in [-0.05, 0) is 24.3 Å². The fraction of sp³-hybridized carbons (Fsp3) is 0.150. The third-order valence-corrected chi connectivity index (χ3v) is 5.20. The Labute approximate surface area is 170 Å². The molecule has 0 unspecified atom stereocenters. The van der Waals surface area contributed by atoms with E-state index in [1.807, 2.05) is 41.8 Å². The van der Waals surface area contributed by atoms with Gasteiger partial charge >= 0.3 is 5.97 Å². The first-order valence-electron chi connectivity index (χ1n) is 8.86. The zero-order valence-electron chi connectivity index (χ0n) is 15.3. The number of nitrogens with two attached hydrogens (primary N) is 1. The van der Waals surface area contributed by atoms with Crippen LogP contribution in [0.2, 0.25) is 0 Å². The average molecular weight is 407 g/mol. The minimum absolute atomic E-state index is 0.00770. The number of esters is 1. The molecule has 146 valence electrons. The number of thiazole rings is 1. The van der Waals surface area contributed by atoms with E-state index in [-0.39, 0.29) is 18.7 Å². The van der Waals surface area contributed by atoms with Crippen LogP contribution in [0.4, 0.5) is 5.69 Å². The van der Waals surface area contributed by atoms with Crippen molar-refractivity contribution >= 4 is 34.6 Å². The molecule has 0 saturated heterocycles. The second-order valence-corrected chi connectivity index (χ2v) is 7.14. The molecular weight excluding hydrogens is 390 g/mol. The topological polar surface area (TPSA) is 111 Å². The SMILES string of the molecule is NC(=O)[C@H]1CC(C(=O)OCc2csc(-c3ccccn3)n2)=NN1c1ccccc1. The number of nitrogens with zero attached hydrogens (tertiary/aromatic N) is 4. The lowest BCUT2D eigenvalue weighted by molar-refractivity contribution is -0.137. The summed E-state index contributed by atoms with van der Waals surface area (Å²) in [5, 5.41) is 8.30. The van der Waals surface area contributed by atoms with E-state index in [1.165, 1.54) is 16.3 Å². The second-order valence-electron chi connectivity index (χ2n) is 6.28. The summed E-state index contributed by atoms with van der Waals surface area (Å²) in [6.07, 6.45) is 1.79. The summed E-state index contributed by atoms with van der Waals surface area (Å²) < 4.78 is 5.35. The zero-order valence-corrected chi connectivity index (χ0v) is 16.1. The molecule has 0 aliphatic carbocycles. The molecule has 9 heteroatoms. The lowest BCUT2D eigenvalue weighted by Gasteiger charge is -2.20. The molecule has 0 spiro atoms. The maximum absolute atomic E-state index is 12.5. The quantitative estimate of drug-likeness (QED) is 0.628. The molecule has 29 heavy (non-hydrogen) atoms. The van der Waals surface area contributed by atoms with Crippen LogP contribution in [0.3, 0.4) is 0 Å². The van der Waals surface area contributed by atoms with E-state index in [4.69, 9.17) is 10.5 Å². The van der Waals surface area contributed by atoms with E-state index in [0.29, 0.717) is 11.4 Å². The van der Waals surface area contributed by atoms with E-state index in [0.717, 1.165) is 10.7 Å². The Bertz CT molecular complexity index is 1050. The fourth-order valence-corrected chi connectivity index (χ4v) is 3.66. The highest BCUT2D eigenvalue weighted by molar-refractivity contribution is 7.13. The van der Waals surface area contributed by atoms with Crippen LogP contribution in [-0.4, -0.2) is 33.6 Å². The molecule has 2 aromatic heterocycles. The number of hydrogen-bond donors (Lipinski definition) is 1. The monoisotopic (exact) mass is 407 g/mol. The second kappa shape index (κ2) is 8.19. The summed E-state index contributed by atoms with van der Waals surface area (Å²) in [5.74, 6) is -1.15. The standard InChI is InChI=1S/C20H17N5O3S/c21-18(26)17-10-16(24-25(17)14-6-2-1-3-7-14)20(27)28-11-13-12-29-19(23-13)15-8-4-5-9-22-15/h1-9,12,17H,10-11H2,(H2,21,26)/t17-/m1/s1. The predicted octanol–water partition coefficient (Wildman–Crippen LogP) is 2.37. The van der Waals surface area contributed by atoms with Gasteiger partial charge in [-0.3, -0.25) is 14.8 Å². The molecule has 1 aliphatic heterocycles. The van der Waals surface area contributed by atoms with Crippen molar-refractivity contribution in [3.8, 4) is 10.7 Å². The van der Waals surface area contributed by atoms with Crippen LogP contribution in [0.5, 0.6) is 0 Å². The first-order valence-corrected chi connectivity index (χ1v) is 9.74. The number of amides is 1. The Morgan fingerprint density at radius 2 is 1.97 bits per heavy atom. The van der Waals surface area contributed by atoms with Gasteiger partial charge in [-0.2, -0.15) is 5.10 Å². The maximum Gasteiger partial charge on any atom is 0.354 e. The molecule has 2 N–H and O–H groups in total. The third-order valence-electron chi connectivity index (χ3n) is 4.28. The number of rotatable bonds is 6. The van der Waals surface area contributed by atoms with Gasteiger partial charge in [-0.15, -0.1) is 11.3 Å². The number of para-hydroxylation sites is 1. The van der Waals surface area contributed by atoms with Crippen LogP contribution in [0.25, 0.3) is 10.7 Å². The Morgan fingerprint density at radius 1 is 1.17 bits per heavy atom. The van der Waals surface area contributed by atoms with Gasteiger partial charge in [-0.25, -0.2) is 9.78 Å². The summed E-state index contributed by atoms with van der Waals surface area (Å²) in [6.45, 7) is 0.00770. The predicted molar refractivity (Wildman–Crippen MR) is 109 cm³/mol. The molecule has 0 bridgehead atoms. The number of aromatic nitrogens is 2. The molecule has 1 aliphatic rings. The number of pyridine rings is 1. The van der Waals surface area contributed by atoms with Gasteiger partial charge in [0.2, 0.25) is 5.91 Å². The summed E-state index contributed by atoms with van der Waals surface area (Å²) in [5.41, 5.74) is 7.70. The maximum atomic E-state index is 12.5. The summed E-state index contributed by atoms with van der Waals surface area (Å²) >= 11 is 1.42. The molecule has 8 nitrogen and oxygen atoms in total. The molecule has 0 fully saturated rings. The average Bonchev–Trinajstić information content (AvgIpc) is 3.41. The smallest absolute Gasteiger partial charge is 0.354 e. The lowest BCUT2D eigenvalue weighted by atomic mass is 10.1. The van der Waals surface area contributed by atoms with E-state index >= 15 is 0 Å². The van der Waals surface area contributed by atoms with Gasteiger partial charge in [0.1, 0.15) is 23.4 Å². The molecule has 1 aromatic carbocycles. The van der Waals surface area contributed by atoms with E-state index < -0.39 is 17.9 Å². The highest BCUT2D eigenvalue weighted by atomic mass is 32.1. The Morgan fingerprint density at radius 3 is 2.69 bits per heavy atom. The number of hydrazone groups is 1. The Hall–Kier alpha value is -3.59. The van der Waals surface area contributed by atoms with Gasteiger partial charge in [0.15, 0.2) is 0 Å². The van der Waals surface area contributed by atoms with Gasteiger partial charge in [-0.1, -0.05) is 24.3 Å². The first kappa shape index (κ1) is 18.8. The van der Waals surface area contributed by atoms with Gasteiger partial charge in [0.05, 0.1) is 17.1 Å². The van der Waals surface area contributed by atoms with Crippen LogP contribution in [0, 0.1) is 0 Å². The van der Waals surface area contributed by atoms with E-state index in [9.17, 15) is 9.59 Å². The van der Waals surface area contributed by atoms with Gasteiger partial charge < -0.3 is 10.5 Å². The number of carbonyl (C=O) groups is 2. The van der Waals surface area contributed by atoms with E-state index in [2.05, 4.69) is 15.1 Å². The van der Waals surface area contributed by atoms with Crippen molar-refractivity contribution in [3.05, 3.63) is 65.8 Å². The van der Waals surface area contributed by atoms with Crippen molar-refractivity contribution in [2.45, 2.75) is 19.1 Å². The number of benzene rings is 1. The van der Waals surface area contributed by atoms with Crippen LogP contribution < -0.4 is 10.7 Å². The van der Waals surface area contributed by atoms with Crippen molar-refractivity contribution in [1.82, 2.24) is 9.97 Å². The van der Waals surface area contributed by atoms with Crippen molar-refractivity contribution in [1.29, 1.82) is 0 Å². The molecule has 0 radical (unpaired) electrons. The number of carbonyl (C=O) groups excluding carboxylic acids is 2. The molecule has 3 aromatic rings. The van der Waals surface area contributed by atoms with E-state index in [1.54, 1.807) is 18.3 Å². The summed E-state index contributed by atoms with van der Waals surface area (Å²) in [4.78, 5) is 33.0. The number of hydrogen-bond acceptors (Lipinski definition) is 8. The van der Waals surface area contributed by atoms with Crippen molar-refractivity contribution in [3.63, 3.8) is 0 Å². The Balaban J connectivity index is 1.43. The third kappa shape index (κ3) is 4.14. The van der Waals surface area contributed by atoms with Crippen molar-refractivity contribution < 1.29 is 14.3 Å². The van der Waals surface area contributed by atoms with Crippen molar-refractivity contribution in [2.75, 3.05) is 5.01 Å². The molecule has 3 heterocycles. The molecule has 1 atom stereocenters. The normalized spacial score (nSPS) is 15.8. The number of primary amides is 1. The van der Waals surface area contributed by atoms with Crippen LogP contribution >= 0.6 is 11.3 Å². The fourth-order valence-electron chi connectivity index (χ4n) is 2.88. The largest absolute Gasteiger partial charge is 0.455 e. The molecule has 1 amide bonds. The zero-order chi connectivity index (χ0) is 20.2.